The first kappa shape index (κ1) is 26.5. The van der Waals surface area contributed by atoms with Gasteiger partial charge in [0.15, 0.2) is 23.1 Å². The summed E-state index contributed by atoms with van der Waals surface area (Å²) in [6.45, 7) is 2.11. The lowest BCUT2D eigenvalue weighted by Crippen LogP contribution is -2.03. The maximum absolute atomic E-state index is 11.8. The van der Waals surface area contributed by atoms with Gasteiger partial charge in [-0.2, -0.15) is 5.10 Å². The normalized spacial score (nSPS) is 11.1. The average Bonchev–Trinajstić information content (AvgIpc) is 3.26. The van der Waals surface area contributed by atoms with E-state index in [1.165, 1.54) is 7.11 Å². The molecule has 4 aromatic rings. The molecule has 0 saturated heterocycles. The largest absolute Gasteiger partial charge is 0.493 e. The Morgan fingerprint density at radius 2 is 1.66 bits per heavy atom. The molecule has 10 nitrogen and oxygen atoms in total. The Balaban J connectivity index is 1.77. The number of ether oxygens (including phenoxy) is 4. The third-order valence-corrected chi connectivity index (χ3v) is 5.94. The van der Waals surface area contributed by atoms with E-state index in [-0.39, 0.29) is 0 Å². The van der Waals surface area contributed by atoms with Gasteiger partial charge in [0.25, 0.3) is 0 Å². The van der Waals surface area contributed by atoms with E-state index >= 15 is 0 Å². The Hall–Kier alpha value is -4.60. The van der Waals surface area contributed by atoms with Gasteiger partial charge in [-0.1, -0.05) is 19.4 Å². The monoisotopic (exact) mass is 517 g/mol. The Morgan fingerprint density at radius 1 is 0.974 bits per heavy atom. The number of methoxy groups -OCH3 is 4. The van der Waals surface area contributed by atoms with Crippen LogP contribution in [0, 0.1) is 0 Å². The van der Waals surface area contributed by atoms with Crippen molar-refractivity contribution in [3.05, 3.63) is 59.0 Å². The van der Waals surface area contributed by atoms with Crippen LogP contribution < -0.4 is 19.5 Å². The van der Waals surface area contributed by atoms with Crippen LogP contribution in [0.1, 0.15) is 40.8 Å². The maximum Gasteiger partial charge on any atom is 0.337 e. The third kappa shape index (κ3) is 5.39. The highest BCUT2D eigenvalue weighted by Crippen LogP contribution is 2.38. The number of aromatic nitrogens is 4. The van der Waals surface area contributed by atoms with Crippen molar-refractivity contribution in [2.24, 2.45) is 7.05 Å². The van der Waals surface area contributed by atoms with Crippen molar-refractivity contribution in [3.8, 4) is 17.2 Å². The highest BCUT2D eigenvalue weighted by molar-refractivity contribution is 5.92. The van der Waals surface area contributed by atoms with E-state index in [9.17, 15) is 4.79 Å². The second kappa shape index (κ2) is 11.6. The van der Waals surface area contributed by atoms with Crippen LogP contribution in [0.2, 0.25) is 0 Å². The summed E-state index contributed by atoms with van der Waals surface area (Å²) in [6, 6.07) is 10.7. The van der Waals surface area contributed by atoms with Crippen molar-refractivity contribution in [1.82, 2.24) is 19.7 Å². The lowest BCUT2D eigenvalue weighted by molar-refractivity contribution is 0.0600. The van der Waals surface area contributed by atoms with E-state index in [0.29, 0.717) is 34.5 Å². The van der Waals surface area contributed by atoms with E-state index < -0.39 is 5.97 Å². The third-order valence-electron chi connectivity index (χ3n) is 5.94. The van der Waals surface area contributed by atoms with E-state index in [0.717, 1.165) is 40.8 Å². The molecule has 38 heavy (non-hydrogen) atoms. The molecule has 2 aromatic carbocycles. The van der Waals surface area contributed by atoms with Gasteiger partial charge in [0, 0.05) is 12.7 Å². The van der Waals surface area contributed by atoms with Crippen molar-refractivity contribution in [2.45, 2.75) is 19.8 Å². The van der Waals surface area contributed by atoms with Crippen LogP contribution in [0.25, 0.3) is 23.2 Å². The number of rotatable bonds is 10. The summed E-state index contributed by atoms with van der Waals surface area (Å²) in [5, 5.41) is 8.06. The van der Waals surface area contributed by atoms with Gasteiger partial charge in [0.1, 0.15) is 11.0 Å². The Morgan fingerprint density at radius 3 is 2.24 bits per heavy atom. The first-order valence-corrected chi connectivity index (χ1v) is 12.1. The number of esters is 1. The molecule has 0 unspecified atom stereocenters. The molecular formula is C28H31N5O5. The number of carbonyl (C=O) groups excluding carboxylic acids is 1. The number of fused-ring (bicyclic) bond motifs is 1. The van der Waals surface area contributed by atoms with Gasteiger partial charge in [-0.15, -0.1) is 0 Å². The van der Waals surface area contributed by atoms with Crippen LogP contribution >= 0.6 is 0 Å². The predicted octanol–water partition coefficient (Wildman–Crippen LogP) is 5.04. The second-order valence-corrected chi connectivity index (χ2v) is 8.43. The zero-order valence-corrected chi connectivity index (χ0v) is 22.4. The molecule has 0 fully saturated rings. The molecule has 2 aromatic heterocycles. The van der Waals surface area contributed by atoms with Crippen LogP contribution in [-0.2, 0) is 18.2 Å². The van der Waals surface area contributed by atoms with Gasteiger partial charge in [0.05, 0.1) is 39.7 Å². The number of anilines is 2. The number of carbonyl (C=O) groups is 1. The smallest absolute Gasteiger partial charge is 0.337 e. The van der Waals surface area contributed by atoms with Gasteiger partial charge in [0.2, 0.25) is 5.75 Å². The first-order valence-electron chi connectivity index (χ1n) is 12.1. The van der Waals surface area contributed by atoms with E-state index in [2.05, 4.69) is 12.2 Å². The minimum absolute atomic E-state index is 0.393. The van der Waals surface area contributed by atoms with Crippen LogP contribution in [0.4, 0.5) is 11.5 Å². The summed E-state index contributed by atoms with van der Waals surface area (Å²) in [7, 11) is 7.96. The zero-order chi connectivity index (χ0) is 27.2. The summed E-state index contributed by atoms with van der Waals surface area (Å²) in [5.41, 5.74) is 4.52. The fourth-order valence-corrected chi connectivity index (χ4v) is 4.14. The van der Waals surface area contributed by atoms with Crippen molar-refractivity contribution < 1.29 is 23.7 Å². The van der Waals surface area contributed by atoms with Crippen molar-refractivity contribution in [2.75, 3.05) is 33.8 Å². The minimum atomic E-state index is -0.393. The summed E-state index contributed by atoms with van der Waals surface area (Å²) in [5.74, 6) is 2.34. The topological polar surface area (TPSA) is 110 Å². The molecule has 0 saturated carbocycles. The predicted molar refractivity (Wildman–Crippen MR) is 146 cm³/mol. The SMILES string of the molecule is CCCc1nn(C)c2c(Nc3ccc(C(=O)OC)cc3)nc(/C=C/c3cc(OC)c(OC)c(OC)c3)nc12. The van der Waals surface area contributed by atoms with E-state index in [4.69, 9.17) is 34.0 Å². The molecule has 0 aliphatic rings. The summed E-state index contributed by atoms with van der Waals surface area (Å²) in [6.07, 6.45) is 5.44. The maximum atomic E-state index is 11.8. The first-order chi connectivity index (χ1) is 18.4. The van der Waals surface area contributed by atoms with E-state index in [1.807, 2.05) is 31.3 Å². The molecule has 0 aliphatic heterocycles. The molecule has 0 radical (unpaired) electrons. The highest BCUT2D eigenvalue weighted by Gasteiger charge is 2.17. The van der Waals surface area contributed by atoms with Crippen LogP contribution in [-0.4, -0.2) is 54.2 Å². The Labute approximate surface area is 221 Å². The van der Waals surface area contributed by atoms with Crippen LogP contribution in [0.3, 0.4) is 0 Å². The number of aryl methyl sites for hydroxylation is 2. The molecule has 0 atom stereocenters. The van der Waals surface area contributed by atoms with Gasteiger partial charge in [-0.05, 0) is 54.5 Å². The lowest BCUT2D eigenvalue weighted by Gasteiger charge is -2.13. The zero-order valence-electron chi connectivity index (χ0n) is 22.4. The van der Waals surface area contributed by atoms with Crippen molar-refractivity contribution >= 4 is 40.7 Å². The van der Waals surface area contributed by atoms with Crippen molar-refractivity contribution in [1.29, 1.82) is 0 Å². The molecule has 198 valence electrons. The minimum Gasteiger partial charge on any atom is -0.493 e. The van der Waals surface area contributed by atoms with Gasteiger partial charge < -0.3 is 24.3 Å². The fraction of sp³-hybridized carbons (Fsp3) is 0.286. The Kier molecular flexibility index (Phi) is 8.10. The molecule has 0 amide bonds. The molecule has 2 heterocycles. The average molecular weight is 518 g/mol. The van der Waals surface area contributed by atoms with Crippen LogP contribution in [0.5, 0.6) is 17.2 Å². The van der Waals surface area contributed by atoms with Crippen molar-refractivity contribution in [3.63, 3.8) is 0 Å². The number of benzene rings is 2. The van der Waals surface area contributed by atoms with E-state index in [1.54, 1.807) is 50.3 Å². The highest BCUT2D eigenvalue weighted by atomic mass is 16.5. The molecule has 4 rings (SSSR count). The number of nitrogens with zero attached hydrogens (tertiary/aromatic N) is 4. The number of hydrogen-bond donors (Lipinski definition) is 1. The number of hydrogen-bond acceptors (Lipinski definition) is 9. The van der Waals surface area contributed by atoms with Gasteiger partial charge in [-0.25, -0.2) is 14.8 Å². The molecule has 0 bridgehead atoms. The Bertz CT molecular complexity index is 1450. The molecular weight excluding hydrogens is 486 g/mol. The standard InChI is InChI=1S/C28H31N5O5/c1-7-8-20-24-25(33(2)32-20)27(29-19-12-10-18(11-13-19)28(34)38-6)31-23(30-24)14-9-17-15-21(35-3)26(37-5)22(16-17)36-4/h9-16H,7-8H2,1-6H3,(H,29,30,31)/b14-9+. The second-order valence-electron chi connectivity index (χ2n) is 8.43. The summed E-state index contributed by atoms with van der Waals surface area (Å²) >= 11 is 0. The lowest BCUT2D eigenvalue weighted by atomic mass is 10.1. The fourth-order valence-electron chi connectivity index (χ4n) is 4.14. The summed E-state index contributed by atoms with van der Waals surface area (Å²) in [4.78, 5) is 21.4. The molecule has 10 heteroatoms. The number of nitrogens with one attached hydrogen (secondary N) is 1. The molecule has 0 aliphatic carbocycles. The molecule has 1 N–H and O–H groups in total. The summed E-state index contributed by atoms with van der Waals surface area (Å²) < 4.78 is 22.9. The quantitative estimate of drug-likeness (QED) is 0.289. The van der Waals surface area contributed by atoms with Crippen LogP contribution in [0.15, 0.2) is 36.4 Å². The van der Waals surface area contributed by atoms with Gasteiger partial charge >= 0.3 is 5.97 Å². The molecule has 0 spiro atoms. The van der Waals surface area contributed by atoms with Gasteiger partial charge in [-0.3, -0.25) is 4.68 Å².